The third-order valence-corrected chi connectivity index (χ3v) is 3.47. The van der Waals surface area contributed by atoms with Crippen molar-refractivity contribution in [2.24, 2.45) is 0 Å². The highest BCUT2D eigenvalue weighted by Crippen LogP contribution is 2.26. The number of methoxy groups -OCH3 is 1. The van der Waals surface area contributed by atoms with E-state index >= 15 is 0 Å². The first-order chi connectivity index (χ1) is 7.70. The smallest absolute Gasteiger partial charge is 0.242 e. The molecule has 5 heteroatoms. The summed E-state index contributed by atoms with van der Waals surface area (Å²) >= 11 is 0. The molecular weight excluding hydrogens is 208 g/mol. The van der Waals surface area contributed by atoms with Crippen LogP contribution in [0.3, 0.4) is 0 Å². The van der Waals surface area contributed by atoms with E-state index < -0.39 is 0 Å². The predicted octanol–water partition coefficient (Wildman–Crippen LogP) is -0.0976. The summed E-state index contributed by atoms with van der Waals surface area (Å²) in [7, 11) is 1.71. The Hall–Kier alpha value is -1.10. The monoisotopic (exact) mass is 226 g/mol. The van der Waals surface area contributed by atoms with Crippen LogP contribution in [0.25, 0.3) is 0 Å². The maximum atomic E-state index is 11.8. The van der Waals surface area contributed by atoms with Gasteiger partial charge in [-0.15, -0.1) is 0 Å². The van der Waals surface area contributed by atoms with Crippen LogP contribution in [0.2, 0.25) is 0 Å². The van der Waals surface area contributed by atoms with Crippen LogP contribution in [0.1, 0.15) is 25.7 Å². The topological polar surface area (TPSA) is 58.6 Å². The van der Waals surface area contributed by atoms with Gasteiger partial charge >= 0.3 is 0 Å². The fourth-order valence-corrected chi connectivity index (χ4v) is 2.51. The zero-order valence-electron chi connectivity index (χ0n) is 9.57. The third-order valence-electron chi connectivity index (χ3n) is 3.47. The molecule has 0 aromatic heterocycles. The molecule has 1 saturated heterocycles. The minimum Gasteiger partial charge on any atom is -0.381 e. The Kier molecular flexibility index (Phi) is 3.43. The zero-order chi connectivity index (χ0) is 11.5. The van der Waals surface area contributed by atoms with Crippen molar-refractivity contribution in [3.8, 4) is 0 Å². The maximum Gasteiger partial charge on any atom is 0.242 e. The van der Waals surface area contributed by atoms with E-state index in [9.17, 15) is 9.59 Å². The Labute approximate surface area is 95.1 Å². The van der Waals surface area contributed by atoms with Crippen molar-refractivity contribution >= 4 is 11.8 Å². The molecule has 1 aliphatic carbocycles. The summed E-state index contributed by atoms with van der Waals surface area (Å²) in [4.78, 5) is 24.9. The highest BCUT2D eigenvalue weighted by molar-refractivity contribution is 5.87. The summed E-state index contributed by atoms with van der Waals surface area (Å²) in [6, 6.07) is 0.255. The van der Waals surface area contributed by atoms with Gasteiger partial charge < -0.3 is 15.0 Å². The summed E-state index contributed by atoms with van der Waals surface area (Å²) in [5.74, 6) is 0.00439. The van der Waals surface area contributed by atoms with Gasteiger partial charge in [0.1, 0.15) is 0 Å². The molecule has 2 rings (SSSR count). The van der Waals surface area contributed by atoms with Gasteiger partial charge in [-0.2, -0.15) is 0 Å². The Morgan fingerprint density at radius 3 is 2.88 bits per heavy atom. The summed E-state index contributed by atoms with van der Waals surface area (Å²) in [5, 5.41) is 2.61. The quantitative estimate of drug-likeness (QED) is 0.715. The normalized spacial score (nSPS) is 31.4. The van der Waals surface area contributed by atoms with Crippen LogP contribution in [0.5, 0.6) is 0 Å². The molecule has 2 atom stereocenters. The lowest BCUT2D eigenvalue weighted by atomic mass is 10.2. The predicted molar refractivity (Wildman–Crippen MR) is 57.8 cm³/mol. The van der Waals surface area contributed by atoms with Crippen molar-refractivity contribution in [1.82, 2.24) is 10.2 Å². The third kappa shape index (κ3) is 2.35. The lowest BCUT2D eigenvalue weighted by Gasteiger charge is -2.27. The fourth-order valence-electron chi connectivity index (χ4n) is 2.51. The van der Waals surface area contributed by atoms with Gasteiger partial charge in [-0.25, -0.2) is 0 Å². The molecule has 1 heterocycles. The molecule has 2 fully saturated rings. The van der Waals surface area contributed by atoms with Gasteiger partial charge in [0.2, 0.25) is 11.8 Å². The van der Waals surface area contributed by atoms with Crippen molar-refractivity contribution in [3.05, 3.63) is 0 Å². The second-order valence-corrected chi connectivity index (χ2v) is 4.44. The summed E-state index contributed by atoms with van der Waals surface area (Å²) in [5.41, 5.74) is 0. The maximum absolute atomic E-state index is 11.8. The molecule has 2 unspecified atom stereocenters. The Balaban J connectivity index is 1.97. The van der Waals surface area contributed by atoms with E-state index in [4.69, 9.17) is 4.74 Å². The summed E-state index contributed by atoms with van der Waals surface area (Å²) in [6.45, 7) is 0.693. The fraction of sp³-hybridized carbons (Fsp3) is 0.818. The molecule has 1 N–H and O–H groups in total. The minimum atomic E-state index is -0.0304. The van der Waals surface area contributed by atoms with Crippen molar-refractivity contribution in [3.63, 3.8) is 0 Å². The van der Waals surface area contributed by atoms with E-state index in [0.29, 0.717) is 13.0 Å². The molecule has 2 amide bonds. The van der Waals surface area contributed by atoms with E-state index in [-0.39, 0.29) is 30.5 Å². The van der Waals surface area contributed by atoms with Crippen LogP contribution < -0.4 is 5.32 Å². The van der Waals surface area contributed by atoms with Crippen molar-refractivity contribution in [1.29, 1.82) is 0 Å². The largest absolute Gasteiger partial charge is 0.381 e. The standard InChI is InChI=1S/C11H18N2O3/c1-16-9-3-2-8(6-9)13-5-4-10(14)12-7-11(13)15/h8-9H,2-7H2,1H3,(H,12,14). The average Bonchev–Trinajstić information content (AvgIpc) is 2.68. The molecule has 1 aliphatic heterocycles. The van der Waals surface area contributed by atoms with Gasteiger partial charge in [-0.3, -0.25) is 9.59 Å². The van der Waals surface area contributed by atoms with Crippen LogP contribution >= 0.6 is 0 Å². The zero-order valence-corrected chi connectivity index (χ0v) is 9.57. The van der Waals surface area contributed by atoms with Gasteiger partial charge in [-0.1, -0.05) is 0 Å². The van der Waals surface area contributed by atoms with Gasteiger partial charge in [0.25, 0.3) is 0 Å². The first-order valence-electron chi connectivity index (χ1n) is 5.79. The van der Waals surface area contributed by atoms with Crippen molar-refractivity contribution in [2.45, 2.75) is 37.8 Å². The first kappa shape index (κ1) is 11.4. The molecule has 0 bridgehead atoms. The highest BCUT2D eigenvalue weighted by atomic mass is 16.5. The Morgan fingerprint density at radius 1 is 1.38 bits per heavy atom. The van der Waals surface area contributed by atoms with E-state index in [2.05, 4.69) is 5.32 Å². The van der Waals surface area contributed by atoms with Gasteiger partial charge in [0.05, 0.1) is 12.6 Å². The number of nitrogens with one attached hydrogen (secondary N) is 1. The van der Waals surface area contributed by atoms with E-state index in [0.717, 1.165) is 19.3 Å². The Morgan fingerprint density at radius 2 is 2.19 bits per heavy atom. The number of carbonyl (C=O) groups is 2. The number of amides is 2. The molecule has 5 nitrogen and oxygen atoms in total. The second-order valence-electron chi connectivity index (χ2n) is 4.44. The number of rotatable bonds is 2. The molecule has 0 spiro atoms. The minimum absolute atomic E-state index is 0.0304. The van der Waals surface area contributed by atoms with Crippen LogP contribution in [-0.2, 0) is 14.3 Å². The molecule has 0 aromatic rings. The molecule has 1 saturated carbocycles. The van der Waals surface area contributed by atoms with E-state index in [1.165, 1.54) is 0 Å². The molecular formula is C11H18N2O3. The number of ether oxygens (including phenoxy) is 1. The number of nitrogens with zero attached hydrogens (tertiary/aromatic N) is 1. The van der Waals surface area contributed by atoms with Gasteiger partial charge in [0, 0.05) is 26.1 Å². The highest BCUT2D eigenvalue weighted by Gasteiger charge is 2.33. The molecule has 90 valence electrons. The Bertz CT molecular complexity index is 293. The lowest BCUT2D eigenvalue weighted by molar-refractivity contribution is -0.132. The number of hydrogen-bond donors (Lipinski definition) is 1. The van der Waals surface area contributed by atoms with Gasteiger partial charge in [0.15, 0.2) is 0 Å². The summed E-state index contributed by atoms with van der Waals surface area (Å²) in [6.07, 6.45) is 3.57. The molecule has 16 heavy (non-hydrogen) atoms. The van der Waals surface area contributed by atoms with E-state index in [1.807, 2.05) is 4.90 Å². The van der Waals surface area contributed by atoms with Crippen molar-refractivity contribution in [2.75, 3.05) is 20.2 Å². The van der Waals surface area contributed by atoms with Gasteiger partial charge in [-0.05, 0) is 19.3 Å². The second kappa shape index (κ2) is 4.82. The van der Waals surface area contributed by atoms with Crippen molar-refractivity contribution < 1.29 is 14.3 Å². The summed E-state index contributed by atoms with van der Waals surface area (Å²) < 4.78 is 5.30. The molecule has 0 radical (unpaired) electrons. The van der Waals surface area contributed by atoms with Crippen LogP contribution in [-0.4, -0.2) is 49.1 Å². The van der Waals surface area contributed by atoms with Crippen LogP contribution in [0, 0.1) is 0 Å². The molecule has 0 aromatic carbocycles. The van der Waals surface area contributed by atoms with Crippen LogP contribution in [0.4, 0.5) is 0 Å². The lowest BCUT2D eigenvalue weighted by Crippen LogP contribution is -2.41. The van der Waals surface area contributed by atoms with E-state index in [1.54, 1.807) is 7.11 Å². The number of hydrogen-bond acceptors (Lipinski definition) is 3. The first-order valence-corrected chi connectivity index (χ1v) is 5.79. The van der Waals surface area contributed by atoms with Crippen LogP contribution in [0.15, 0.2) is 0 Å². The average molecular weight is 226 g/mol. The number of carbonyl (C=O) groups excluding carboxylic acids is 2. The molecule has 2 aliphatic rings. The SMILES string of the molecule is COC1CCC(N2CCC(=O)NCC2=O)C1.